The second-order valence-electron chi connectivity index (χ2n) is 6.11. The van der Waals surface area contributed by atoms with Crippen molar-refractivity contribution in [3.05, 3.63) is 46.4 Å². The van der Waals surface area contributed by atoms with Crippen LogP contribution in [0.2, 0.25) is 0 Å². The maximum absolute atomic E-state index is 12.4. The molecule has 3 rings (SSSR count). The second-order valence-corrected chi connectivity index (χ2v) is 8.19. The van der Waals surface area contributed by atoms with Crippen molar-refractivity contribution < 1.29 is 13.2 Å². The highest BCUT2D eigenvalue weighted by atomic mass is 32.2. The van der Waals surface area contributed by atoms with Crippen molar-refractivity contribution in [3.8, 4) is 0 Å². The summed E-state index contributed by atoms with van der Waals surface area (Å²) in [6.07, 6.45) is 1.07. The molecule has 1 aliphatic carbocycles. The van der Waals surface area contributed by atoms with Crippen LogP contribution in [-0.2, 0) is 14.6 Å². The summed E-state index contributed by atoms with van der Waals surface area (Å²) >= 11 is 0. The van der Waals surface area contributed by atoms with Crippen molar-refractivity contribution in [1.29, 1.82) is 0 Å². The molecule has 1 aromatic carbocycles. The predicted molar refractivity (Wildman–Crippen MR) is 84.2 cm³/mol. The smallest absolute Gasteiger partial charge is 0.238 e. The van der Waals surface area contributed by atoms with Gasteiger partial charge in [0.05, 0.1) is 11.7 Å². The minimum absolute atomic E-state index is 0.0354. The number of sulfone groups is 1. The van der Waals surface area contributed by atoms with Gasteiger partial charge in [0.2, 0.25) is 5.91 Å². The summed E-state index contributed by atoms with van der Waals surface area (Å²) < 4.78 is 24.6. The first-order chi connectivity index (χ1) is 10.5. The molecule has 1 saturated heterocycles. The highest BCUT2D eigenvalue weighted by molar-refractivity contribution is 7.95. The molecule has 0 spiro atoms. The molecule has 0 saturated carbocycles. The maximum Gasteiger partial charge on any atom is 0.238 e. The van der Waals surface area contributed by atoms with E-state index in [2.05, 4.69) is 5.43 Å². The molecule has 0 unspecified atom stereocenters. The van der Waals surface area contributed by atoms with E-state index >= 15 is 0 Å². The Kier molecular flexibility index (Phi) is 3.82. The fourth-order valence-electron chi connectivity index (χ4n) is 4.00. The van der Waals surface area contributed by atoms with Gasteiger partial charge in [-0.3, -0.25) is 10.2 Å². The van der Waals surface area contributed by atoms with Crippen LogP contribution in [0.5, 0.6) is 0 Å². The highest BCUT2D eigenvalue weighted by Crippen LogP contribution is 2.50. The molecule has 1 aromatic rings. The van der Waals surface area contributed by atoms with E-state index < -0.39 is 15.8 Å². The molecule has 1 fully saturated rings. The van der Waals surface area contributed by atoms with Crippen LogP contribution in [0.1, 0.15) is 31.2 Å². The van der Waals surface area contributed by atoms with E-state index in [9.17, 15) is 13.2 Å². The molecule has 2 aliphatic rings. The van der Waals surface area contributed by atoms with E-state index in [1.807, 2.05) is 37.3 Å². The van der Waals surface area contributed by atoms with Crippen molar-refractivity contribution >= 4 is 15.7 Å². The third kappa shape index (κ3) is 2.36. The van der Waals surface area contributed by atoms with Gasteiger partial charge < -0.3 is 0 Å². The Balaban J connectivity index is 2.11. The molecule has 22 heavy (non-hydrogen) atoms. The number of hydrazine groups is 1. The van der Waals surface area contributed by atoms with Gasteiger partial charge in [0, 0.05) is 10.8 Å². The first-order valence-corrected chi connectivity index (χ1v) is 9.08. The Hall–Kier alpha value is -1.66. The number of carbonyl (C=O) groups is 1. The van der Waals surface area contributed by atoms with Gasteiger partial charge in [0.1, 0.15) is 0 Å². The monoisotopic (exact) mass is 320 g/mol. The van der Waals surface area contributed by atoms with Crippen LogP contribution >= 0.6 is 0 Å². The zero-order valence-corrected chi connectivity index (χ0v) is 13.3. The van der Waals surface area contributed by atoms with Crippen molar-refractivity contribution in [2.24, 2.45) is 17.7 Å². The van der Waals surface area contributed by atoms with E-state index in [1.54, 1.807) is 0 Å². The lowest BCUT2D eigenvalue weighted by atomic mass is 9.69. The second kappa shape index (κ2) is 5.52. The SMILES string of the molecule is CC1=C2[C@H](CCS2(=O)=O)[C@@H](C(=O)NN)[C@@H](c2ccccc2)C1. The fourth-order valence-corrected chi connectivity index (χ4v) is 6.13. The normalized spacial score (nSPS) is 30.0. The first kappa shape index (κ1) is 15.2. The van der Waals surface area contributed by atoms with Crippen LogP contribution in [-0.4, -0.2) is 20.1 Å². The number of amides is 1. The van der Waals surface area contributed by atoms with E-state index in [1.165, 1.54) is 0 Å². The first-order valence-electron chi connectivity index (χ1n) is 7.43. The van der Waals surface area contributed by atoms with Gasteiger partial charge in [0.25, 0.3) is 0 Å². The number of rotatable bonds is 2. The minimum Gasteiger partial charge on any atom is -0.294 e. The van der Waals surface area contributed by atoms with Crippen LogP contribution in [0.25, 0.3) is 0 Å². The molecule has 0 aromatic heterocycles. The molecule has 1 aliphatic heterocycles. The van der Waals surface area contributed by atoms with Crippen molar-refractivity contribution in [3.63, 3.8) is 0 Å². The number of hydrogen-bond acceptors (Lipinski definition) is 4. The Morgan fingerprint density at radius 1 is 1.23 bits per heavy atom. The van der Waals surface area contributed by atoms with Crippen molar-refractivity contribution in [1.82, 2.24) is 5.43 Å². The van der Waals surface area contributed by atoms with E-state index in [-0.39, 0.29) is 23.5 Å². The summed E-state index contributed by atoms with van der Waals surface area (Å²) in [5, 5.41) is 0. The van der Waals surface area contributed by atoms with Gasteiger partial charge >= 0.3 is 0 Å². The number of nitrogens with two attached hydrogens (primary N) is 1. The lowest BCUT2D eigenvalue weighted by Crippen LogP contribution is -2.43. The minimum atomic E-state index is -3.22. The summed E-state index contributed by atoms with van der Waals surface area (Å²) in [5.41, 5.74) is 4.17. The third-order valence-electron chi connectivity index (χ3n) is 4.86. The Morgan fingerprint density at radius 2 is 1.91 bits per heavy atom. The molecule has 0 radical (unpaired) electrons. The van der Waals surface area contributed by atoms with Gasteiger partial charge in [-0.25, -0.2) is 14.3 Å². The topological polar surface area (TPSA) is 89.3 Å². The average molecular weight is 320 g/mol. The van der Waals surface area contributed by atoms with E-state index in [0.29, 0.717) is 17.7 Å². The Labute approximate surface area is 130 Å². The zero-order valence-electron chi connectivity index (χ0n) is 12.5. The number of hydrogen-bond donors (Lipinski definition) is 2. The van der Waals surface area contributed by atoms with E-state index in [0.717, 1.165) is 11.1 Å². The van der Waals surface area contributed by atoms with Crippen LogP contribution in [0.3, 0.4) is 0 Å². The molecular formula is C16H20N2O3S. The summed E-state index contributed by atoms with van der Waals surface area (Å²) in [7, 11) is -3.22. The van der Waals surface area contributed by atoms with Crippen LogP contribution in [0, 0.1) is 11.8 Å². The van der Waals surface area contributed by atoms with Crippen LogP contribution < -0.4 is 11.3 Å². The quantitative estimate of drug-likeness (QED) is 0.491. The number of fused-ring (bicyclic) bond motifs is 1. The van der Waals surface area contributed by atoms with Gasteiger partial charge in [0.15, 0.2) is 9.84 Å². The number of allylic oxidation sites excluding steroid dienone is 2. The fraction of sp³-hybridized carbons (Fsp3) is 0.438. The summed E-state index contributed by atoms with van der Waals surface area (Å²) in [6.45, 7) is 1.87. The van der Waals surface area contributed by atoms with Gasteiger partial charge in [-0.2, -0.15) is 0 Å². The Morgan fingerprint density at radius 3 is 2.55 bits per heavy atom. The molecular weight excluding hydrogens is 300 g/mol. The summed E-state index contributed by atoms with van der Waals surface area (Å²) in [4.78, 5) is 12.8. The van der Waals surface area contributed by atoms with Gasteiger partial charge in [-0.1, -0.05) is 35.9 Å². The van der Waals surface area contributed by atoms with Gasteiger partial charge in [-0.15, -0.1) is 0 Å². The molecule has 5 nitrogen and oxygen atoms in total. The van der Waals surface area contributed by atoms with Crippen LogP contribution in [0.4, 0.5) is 0 Å². The number of benzene rings is 1. The van der Waals surface area contributed by atoms with Crippen molar-refractivity contribution in [2.45, 2.75) is 25.7 Å². The maximum atomic E-state index is 12.4. The Bertz CT molecular complexity index is 725. The standard InChI is InChI=1S/C16H20N2O3S/c1-10-9-13(11-5-3-2-4-6-11)14(16(19)18-17)12-7-8-22(20,21)15(10)12/h2-6,12-14H,7-9,17H2,1H3,(H,18,19)/t12-,13-,14-/m1/s1. The molecule has 0 bridgehead atoms. The molecule has 3 atom stereocenters. The molecule has 1 heterocycles. The largest absolute Gasteiger partial charge is 0.294 e. The lowest BCUT2D eigenvalue weighted by Gasteiger charge is -2.36. The molecule has 1 amide bonds. The summed E-state index contributed by atoms with van der Waals surface area (Å²) in [6, 6.07) is 9.78. The zero-order chi connectivity index (χ0) is 15.9. The summed E-state index contributed by atoms with van der Waals surface area (Å²) in [5.74, 6) is 4.49. The predicted octanol–water partition coefficient (Wildman–Crippen LogP) is 1.49. The van der Waals surface area contributed by atoms with Crippen molar-refractivity contribution in [2.75, 3.05) is 5.75 Å². The number of nitrogens with one attached hydrogen (secondary N) is 1. The molecule has 3 N–H and O–H groups in total. The van der Waals surface area contributed by atoms with Crippen LogP contribution in [0.15, 0.2) is 40.8 Å². The highest BCUT2D eigenvalue weighted by Gasteiger charge is 2.49. The average Bonchev–Trinajstić information content (AvgIpc) is 2.83. The molecule has 6 heteroatoms. The molecule has 118 valence electrons. The third-order valence-corrected chi connectivity index (χ3v) is 6.95. The van der Waals surface area contributed by atoms with Gasteiger partial charge in [-0.05, 0) is 31.2 Å². The van der Waals surface area contributed by atoms with E-state index in [4.69, 9.17) is 5.84 Å². The lowest BCUT2D eigenvalue weighted by molar-refractivity contribution is -0.127. The number of carbonyl (C=O) groups excluding carboxylic acids is 1.